The standard InChI is InChI=1S/C26H18Cl3N3O/c1-16-21(13-18(14-30)26(33)31-23-7-4-6-22(28)25(23)29)20-5-2-3-8-24(20)32(16)15-17-9-11-19(27)12-10-17/h2-13H,15H2,1H3,(H,31,33)/b18-13-. The Labute approximate surface area is 206 Å². The molecule has 1 N–H and O–H groups in total. The number of para-hydroxylation sites is 1. The Balaban J connectivity index is 1.74. The van der Waals surface area contributed by atoms with Gasteiger partial charge in [0, 0.05) is 33.7 Å². The second-order valence-corrected chi connectivity index (χ2v) is 8.68. The number of anilines is 1. The van der Waals surface area contributed by atoms with Gasteiger partial charge in [-0.25, -0.2) is 0 Å². The van der Waals surface area contributed by atoms with E-state index >= 15 is 0 Å². The van der Waals surface area contributed by atoms with Gasteiger partial charge in [-0.05, 0) is 48.9 Å². The van der Waals surface area contributed by atoms with E-state index in [0.29, 0.717) is 22.3 Å². The molecule has 4 aromatic rings. The van der Waals surface area contributed by atoms with E-state index in [2.05, 4.69) is 9.88 Å². The fourth-order valence-electron chi connectivity index (χ4n) is 3.70. The van der Waals surface area contributed by atoms with Crippen molar-refractivity contribution in [2.75, 3.05) is 5.32 Å². The Hall–Kier alpha value is -3.23. The van der Waals surface area contributed by atoms with Crippen molar-refractivity contribution < 1.29 is 4.79 Å². The first-order valence-electron chi connectivity index (χ1n) is 10.1. The molecule has 1 heterocycles. The summed E-state index contributed by atoms with van der Waals surface area (Å²) in [7, 11) is 0. The molecule has 0 saturated carbocycles. The van der Waals surface area contributed by atoms with Crippen molar-refractivity contribution >= 4 is 63.4 Å². The van der Waals surface area contributed by atoms with E-state index in [1.807, 2.05) is 61.5 Å². The highest BCUT2D eigenvalue weighted by molar-refractivity contribution is 6.44. The highest BCUT2D eigenvalue weighted by Gasteiger charge is 2.17. The summed E-state index contributed by atoms with van der Waals surface area (Å²) in [5.41, 5.74) is 4.15. The zero-order valence-electron chi connectivity index (χ0n) is 17.6. The molecule has 0 spiro atoms. The molecule has 33 heavy (non-hydrogen) atoms. The number of halogens is 3. The lowest BCUT2D eigenvalue weighted by molar-refractivity contribution is -0.112. The molecule has 1 aromatic heterocycles. The Morgan fingerprint density at radius 3 is 2.48 bits per heavy atom. The number of fused-ring (bicyclic) bond motifs is 1. The molecule has 4 nitrogen and oxygen atoms in total. The lowest BCUT2D eigenvalue weighted by atomic mass is 10.1. The van der Waals surface area contributed by atoms with Gasteiger partial charge in [0.05, 0.1) is 15.7 Å². The summed E-state index contributed by atoms with van der Waals surface area (Å²) in [6.45, 7) is 2.60. The molecular weight excluding hydrogens is 477 g/mol. The molecule has 0 aliphatic rings. The van der Waals surface area contributed by atoms with E-state index in [1.54, 1.807) is 24.3 Å². The number of amides is 1. The number of carbonyl (C=O) groups excluding carboxylic acids is 1. The number of aromatic nitrogens is 1. The number of hydrogen-bond donors (Lipinski definition) is 1. The summed E-state index contributed by atoms with van der Waals surface area (Å²) in [5, 5.41) is 14.6. The van der Waals surface area contributed by atoms with Gasteiger partial charge in [-0.3, -0.25) is 4.79 Å². The zero-order valence-corrected chi connectivity index (χ0v) is 19.8. The normalized spacial score (nSPS) is 11.4. The highest BCUT2D eigenvalue weighted by atomic mass is 35.5. The van der Waals surface area contributed by atoms with Gasteiger partial charge in [0.25, 0.3) is 5.91 Å². The number of carbonyl (C=O) groups is 1. The molecule has 0 bridgehead atoms. The first kappa shape index (κ1) is 22.9. The van der Waals surface area contributed by atoms with Crippen LogP contribution in [0.2, 0.25) is 15.1 Å². The fraction of sp³-hybridized carbons (Fsp3) is 0.0769. The van der Waals surface area contributed by atoms with Gasteiger partial charge in [0.15, 0.2) is 0 Å². The van der Waals surface area contributed by atoms with Crippen LogP contribution in [0.15, 0.2) is 72.3 Å². The van der Waals surface area contributed by atoms with Gasteiger partial charge >= 0.3 is 0 Å². The molecule has 4 rings (SSSR count). The minimum atomic E-state index is -0.560. The number of nitriles is 1. The van der Waals surface area contributed by atoms with E-state index in [-0.39, 0.29) is 10.6 Å². The van der Waals surface area contributed by atoms with Crippen molar-refractivity contribution in [2.45, 2.75) is 13.5 Å². The number of hydrogen-bond acceptors (Lipinski definition) is 2. The molecule has 0 fully saturated rings. The second-order valence-electron chi connectivity index (χ2n) is 7.45. The Morgan fingerprint density at radius 2 is 1.76 bits per heavy atom. The molecule has 0 unspecified atom stereocenters. The number of benzene rings is 3. The predicted octanol–water partition coefficient (Wildman–Crippen LogP) is 7.50. The van der Waals surface area contributed by atoms with Crippen molar-refractivity contribution in [2.24, 2.45) is 0 Å². The summed E-state index contributed by atoms with van der Waals surface area (Å²) in [5.74, 6) is -0.560. The van der Waals surface area contributed by atoms with Crippen LogP contribution in [0.4, 0.5) is 5.69 Å². The lowest BCUT2D eigenvalue weighted by Gasteiger charge is -2.09. The van der Waals surface area contributed by atoms with Crippen LogP contribution >= 0.6 is 34.8 Å². The Kier molecular flexibility index (Phi) is 6.76. The summed E-state index contributed by atoms with van der Waals surface area (Å²) in [4.78, 5) is 12.9. The molecule has 1 amide bonds. The summed E-state index contributed by atoms with van der Waals surface area (Å²) in [6.07, 6.45) is 1.61. The van der Waals surface area contributed by atoms with Gasteiger partial charge in [-0.15, -0.1) is 0 Å². The minimum Gasteiger partial charge on any atom is -0.340 e. The maximum Gasteiger partial charge on any atom is 0.266 e. The Bertz CT molecular complexity index is 1430. The highest BCUT2D eigenvalue weighted by Crippen LogP contribution is 2.31. The quantitative estimate of drug-likeness (QED) is 0.231. The molecule has 0 radical (unpaired) electrons. The zero-order chi connectivity index (χ0) is 23.5. The first-order chi connectivity index (χ1) is 15.9. The number of nitrogens with one attached hydrogen (secondary N) is 1. The molecule has 7 heteroatoms. The average Bonchev–Trinajstić information content (AvgIpc) is 3.07. The average molecular weight is 495 g/mol. The van der Waals surface area contributed by atoms with E-state index in [0.717, 1.165) is 27.7 Å². The van der Waals surface area contributed by atoms with Gasteiger partial charge in [-0.2, -0.15) is 5.26 Å². The van der Waals surface area contributed by atoms with E-state index in [9.17, 15) is 10.1 Å². The van der Waals surface area contributed by atoms with Gasteiger partial charge in [0.2, 0.25) is 0 Å². The molecular formula is C26H18Cl3N3O. The maximum atomic E-state index is 12.9. The van der Waals surface area contributed by atoms with Crippen molar-refractivity contribution in [3.05, 3.63) is 104 Å². The molecule has 164 valence electrons. The largest absolute Gasteiger partial charge is 0.340 e. The summed E-state index contributed by atoms with van der Waals surface area (Å²) < 4.78 is 2.16. The van der Waals surface area contributed by atoms with Crippen molar-refractivity contribution in [3.63, 3.8) is 0 Å². The van der Waals surface area contributed by atoms with Crippen LogP contribution in [0.25, 0.3) is 17.0 Å². The number of nitrogens with zero attached hydrogens (tertiary/aromatic N) is 2. The van der Waals surface area contributed by atoms with E-state index < -0.39 is 5.91 Å². The van der Waals surface area contributed by atoms with Crippen LogP contribution in [0.3, 0.4) is 0 Å². The summed E-state index contributed by atoms with van der Waals surface area (Å²) >= 11 is 18.2. The van der Waals surface area contributed by atoms with E-state index in [4.69, 9.17) is 34.8 Å². The van der Waals surface area contributed by atoms with Crippen LogP contribution in [-0.4, -0.2) is 10.5 Å². The number of rotatable bonds is 5. The van der Waals surface area contributed by atoms with Crippen LogP contribution in [0.1, 0.15) is 16.8 Å². The van der Waals surface area contributed by atoms with Gasteiger partial charge in [0.1, 0.15) is 11.6 Å². The lowest BCUT2D eigenvalue weighted by Crippen LogP contribution is -2.14. The molecule has 0 aliphatic carbocycles. The molecule has 3 aromatic carbocycles. The van der Waals surface area contributed by atoms with Crippen molar-refractivity contribution in [1.82, 2.24) is 4.57 Å². The monoisotopic (exact) mass is 493 g/mol. The van der Waals surface area contributed by atoms with Gasteiger partial charge < -0.3 is 9.88 Å². The van der Waals surface area contributed by atoms with Crippen LogP contribution in [0.5, 0.6) is 0 Å². The fourth-order valence-corrected chi connectivity index (χ4v) is 4.17. The van der Waals surface area contributed by atoms with E-state index in [1.165, 1.54) is 0 Å². The molecule has 0 saturated heterocycles. The molecule has 0 atom stereocenters. The Morgan fingerprint density at radius 1 is 1.03 bits per heavy atom. The maximum absolute atomic E-state index is 12.9. The van der Waals surface area contributed by atoms with Crippen molar-refractivity contribution in [1.29, 1.82) is 5.26 Å². The third kappa shape index (κ3) is 4.77. The van der Waals surface area contributed by atoms with Gasteiger partial charge in [-0.1, -0.05) is 71.2 Å². The smallest absolute Gasteiger partial charge is 0.266 e. The molecule has 0 aliphatic heterocycles. The topological polar surface area (TPSA) is 57.8 Å². The third-order valence-electron chi connectivity index (χ3n) is 5.39. The minimum absolute atomic E-state index is 0.0384. The van der Waals surface area contributed by atoms with Crippen LogP contribution < -0.4 is 5.32 Å². The van der Waals surface area contributed by atoms with Crippen LogP contribution in [-0.2, 0) is 11.3 Å². The SMILES string of the molecule is Cc1c(/C=C(/C#N)C(=O)Nc2cccc(Cl)c2Cl)c2ccccc2n1Cc1ccc(Cl)cc1. The van der Waals surface area contributed by atoms with Crippen molar-refractivity contribution in [3.8, 4) is 6.07 Å². The predicted molar refractivity (Wildman–Crippen MR) is 136 cm³/mol. The van der Waals surface area contributed by atoms with Crippen LogP contribution in [0, 0.1) is 18.3 Å². The summed E-state index contributed by atoms with van der Waals surface area (Å²) in [6, 6.07) is 22.5. The first-order valence-corrected chi connectivity index (χ1v) is 11.2. The second kappa shape index (κ2) is 9.72. The third-order valence-corrected chi connectivity index (χ3v) is 6.46.